The monoisotopic (exact) mass is 315 g/mol. The van der Waals surface area contributed by atoms with Gasteiger partial charge in [0.25, 0.3) is 0 Å². The third-order valence-electron chi connectivity index (χ3n) is 2.99. The molecule has 7 heteroatoms. The van der Waals surface area contributed by atoms with Crippen molar-refractivity contribution in [2.24, 2.45) is 0 Å². The van der Waals surface area contributed by atoms with Crippen molar-refractivity contribution in [2.45, 2.75) is 19.1 Å². The van der Waals surface area contributed by atoms with Gasteiger partial charge in [-0.2, -0.15) is 13.2 Å². The van der Waals surface area contributed by atoms with Crippen LogP contribution < -0.4 is 5.32 Å². The molecule has 0 aromatic carbocycles. The largest absolute Gasteiger partial charge is 0.416 e. The van der Waals surface area contributed by atoms with E-state index in [1.54, 1.807) is 6.07 Å². The van der Waals surface area contributed by atoms with Crippen LogP contribution in [0.15, 0.2) is 36.9 Å². The predicted octanol–water partition coefficient (Wildman–Crippen LogP) is 3.85. The Bertz CT molecular complexity index is 616. The Labute approximate surface area is 125 Å². The minimum atomic E-state index is -4.45. The second kappa shape index (κ2) is 6.41. The second-order valence-corrected chi connectivity index (χ2v) is 4.76. The maximum atomic E-state index is 13.2. The number of nitrogens with one attached hydrogen (secondary N) is 1. The van der Waals surface area contributed by atoms with E-state index < -0.39 is 17.8 Å². The summed E-state index contributed by atoms with van der Waals surface area (Å²) in [6.07, 6.45) is 0.794. The molecule has 1 N–H and O–H groups in total. The van der Waals surface area contributed by atoms with Gasteiger partial charge in [0.15, 0.2) is 0 Å². The molecule has 2 rings (SSSR count). The second-order valence-electron chi connectivity index (χ2n) is 4.35. The number of hydrogen-bond acceptors (Lipinski definition) is 3. The fraction of sp³-hybridized carbons (Fsp3) is 0.286. The Morgan fingerprint density at radius 2 is 1.81 bits per heavy atom. The Kier molecular flexibility index (Phi) is 4.80. The van der Waals surface area contributed by atoms with Crippen LogP contribution in [0.2, 0.25) is 5.02 Å². The number of aromatic nitrogens is 2. The van der Waals surface area contributed by atoms with Gasteiger partial charge >= 0.3 is 6.18 Å². The maximum absolute atomic E-state index is 13.2. The lowest BCUT2D eigenvalue weighted by Gasteiger charge is -2.23. The van der Waals surface area contributed by atoms with E-state index in [0.29, 0.717) is 17.1 Å². The van der Waals surface area contributed by atoms with Crippen LogP contribution in [0.1, 0.15) is 29.7 Å². The van der Waals surface area contributed by atoms with Crippen LogP contribution >= 0.6 is 11.6 Å². The smallest absolute Gasteiger partial charge is 0.306 e. The normalized spacial score (nSPS) is 13.2. The molecule has 1 unspecified atom stereocenters. The van der Waals surface area contributed by atoms with Crippen LogP contribution in [0, 0.1) is 0 Å². The quantitative estimate of drug-likeness (QED) is 0.931. The van der Waals surface area contributed by atoms with E-state index in [1.807, 2.05) is 6.92 Å². The third kappa shape index (κ3) is 3.51. The molecular weight excluding hydrogens is 303 g/mol. The SMILES string of the molecule is CCNC(c1ccncc1Cl)c1cnccc1C(F)(F)F. The fourth-order valence-corrected chi connectivity index (χ4v) is 2.33. The van der Waals surface area contributed by atoms with Gasteiger partial charge in [0.05, 0.1) is 16.6 Å². The number of alkyl halides is 3. The summed E-state index contributed by atoms with van der Waals surface area (Å²) in [5.41, 5.74) is -0.150. The van der Waals surface area contributed by atoms with Crippen molar-refractivity contribution >= 4 is 11.6 Å². The highest BCUT2D eigenvalue weighted by molar-refractivity contribution is 6.31. The summed E-state index contributed by atoms with van der Waals surface area (Å²) in [7, 11) is 0. The summed E-state index contributed by atoms with van der Waals surface area (Å²) >= 11 is 6.07. The molecule has 2 heterocycles. The minimum Gasteiger partial charge on any atom is -0.306 e. The Morgan fingerprint density at radius 1 is 1.14 bits per heavy atom. The van der Waals surface area contributed by atoms with E-state index in [9.17, 15) is 13.2 Å². The van der Waals surface area contributed by atoms with E-state index in [4.69, 9.17) is 11.6 Å². The molecule has 0 fully saturated rings. The molecule has 0 aliphatic heterocycles. The molecule has 2 aromatic rings. The molecule has 2 aromatic heterocycles. The van der Waals surface area contributed by atoms with Crippen molar-refractivity contribution in [1.82, 2.24) is 15.3 Å². The van der Waals surface area contributed by atoms with Gasteiger partial charge in [0, 0.05) is 30.4 Å². The highest BCUT2D eigenvalue weighted by Crippen LogP contribution is 2.37. The molecule has 3 nitrogen and oxygen atoms in total. The first-order valence-corrected chi connectivity index (χ1v) is 6.66. The molecule has 0 aliphatic rings. The molecule has 1 atom stereocenters. The summed E-state index contributed by atoms with van der Waals surface area (Å²) in [6, 6.07) is 1.87. The van der Waals surface area contributed by atoms with Gasteiger partial charge < -0.3 is 5.32 Å². The van der Waals surface area contributed by atoms with Crippen LogP contribution in [0.4, 0.5) is 13.2 Å². The van der Waals surface area contributed by atoms with E-state index in [0.717, 1.165) is 12.3 Å². The summed E-state index contributed by atoms with van der Waals surface area (Å²) in [5.74, 6) is 0. The first-order chi connectivity index (χ1) is 9.95. The Hall–Kier alpha value is -1.66. The molecule has 0 aliphatic carbocycles. The fourth-order valence-electron chi connectivity index (χ4n) is 2.11. The van der Waals surface area contributed by atoms with Gasteiger partial charge in [0.1, 0.15) is 0 Å². The van der Waals surface area contributed by atoms with Crippen LogP contribution in [0.25, 0.3) is 0 Å². The van der Waals surface area contributed by atoms with E-state index in [2.05, 4.69) is 15.3 Å². The molecule has 0 amide bonds. The zero-order valence-electron chi connectivity index (χ0n) is 11.2. The standard InChI is InChI=1S/C14H13ClF3N3/c1-2-21-13(9-3-5-20-8-12(9)15)10-7-19-6-4-11(10)14(16,17)18/h3-8,13,21H,2H2,1H3. The number of nitrogens with zero attached hydrogens (tertiary/aromatic N) is 2. The van der Waals surface area contributed by atoms with Crippen molar-refractivity contribution in [3.8, 4) is 0 Å². The first-order valence-electron chi connectivity index (χ1n) is 6.29. The zero-order chi connectivity index (χ0) is 15.5. The molecule has 0 saturated heterocycles. The minimum absolute atomic E-state index is 0.0416. The van der Waals surface area contributed by atoms with Crippen molar-refractivity contribution in [3.63, 3.8) is 0 Å². The van der Waals surface area contributed by atoms with Crippen molar-refractivity contribution in [2.75, 3.05) is 6.54 Å². The first kappa shape index (κ1) is 15.7. The van der Waals surface area contributed by atoms with Crippen LogP contribution in [0.5, 0.6) is 0 Å². The number of rotatable bonds is 4. The van der Waals surface area contributed by atoms with Crippen molar-refractivity contribution < 1.29 is 13.2 Å². The average Bonchev–Trinajstić information content (AvgIpc) is 2.45. The molecule has 0 bridgehead atoms. The molecule has 0 spiro atoms. The van der Waals surface area contributed by atoms with Gasteiger partial charge in [-0.15, -0.1) is 0 Å². The van der Waals surface area contributed by atoms with Gasteiger partial charge in [-0.25, -0.2) is 0 Å². The zero-order valence-corrected chi connectivity index (χ0v) is 11.9. The molecular formula is C14H13ClF3N3. The number of halogens is 4. The van der Waals surface area contributed by atoms with E-state index in [-0.39, 0.29) is 5.56 Å². The van der Waals surface area contributed by atoms with Gasteiger partial charge in [-0.1, -0.05) is 18.5 Å². The van der Waals surface area contributed by atoms with Crippen molar-refractivity contribution in [1.29, 1.82) is 0 Å². The Balaban J connectivity index is 2.57. The highest BCUT2D eigenvalue weighted by Gasteiger charge is 2.35. The van der Waals surface area contributed by atoms with E-state index >= 15 is 0 Å². The lowest BCUT2D eigenvalue weighted by atomic mass is 9.96. The molecule has 0 saturated carbocycles. The lowest BCUT2D eigenvalue weighted by Crippen LogP contribution is -2.25. The predicted molar refractivity (Wildman–Crippen MR) is 74.0 cm³/mol. The van der Waals surface area contributed by atoms with E-state index in [1.165, 1.54) is 18.6 Å². The number of hydrogen-bond donors (Lipinski definition) is 1. The number of pyridine rings is 2. The summed E-state index contributed by atoms with van der Waals surface area (Å²) in [4.78, 5) is 7.67. The maximum Gasteiger partial charge on any atom is 0.416 e. The Morgan fingerprint density at radius 3 is 2.43 bits per heavy atom. The van der Waals surface area contributed by atoms with Gasteiger partial charge in [-0.3, -0.25) is 9.97 Å². The molecule has 112 valence electrons. The molecule has 21 heavy (non-hydrogen) atoms. The van der Waals surface area contributed by atoms with Crippen LogP contribution in [-0.4, -0.2) is 16.5 Å². The van der Waals surface area contributed by atoms with Crippen LogP contribution in [-0.2, 0) is 6.18 Å². The molecule has 0 radical (unpaired) electrons. The average molecular weight is 316 g/mol. The summed E-state index contributed by atoms with van der Waals surface area (Å²) in [6.45, 7) is 2.29. The van der Waals surface area contributed by atoms with Gasteiger partial charge in [0.2, 0.25) is 0 Å². The lowest BCUT2D eigenvalue weighted by molar-refractivity contribution is -0.138. The summed E-state index contributed by atoms with van der Waals surface area (Å²) in [5, 5.41) is 3.32. The van der Waals surface area contributed by atoms with Crippen LogP contribution in [0.3, 0.4) is 0 Å². The van der Waals surface area contributed by atoms with Gasteiger partial charge in [-0.05, 0) is 24.2 Å². The van der Waals surface area contributed by atoms with Crippen molar-refractivity contribution in [3.05, 3.63) is 58.6 Å². The third-order valence-corrected chi connectivity index (χ3v) is 3.31. The highest BCUT2D eigenvalue weighted by atomic mass is 35.5. The topological polar surface area (TPSA) is 37.8 Å². The summed E-state index contributed by atoms with van der Waals surface area (Å²) < 4.78 is 39.5.